The van der Waals surface area contributed by atoms with Crippen molar-refractivity contribution in [2.24, 2.45) is 0 Å². The fourth-order valence-corrected chi connectivity index (χ4v) is 2.92. The van der Waals surface area contributed by atoms with E-state index in [0.29, 0.717) is 43.7 Å². The zero-order valence-corrected chi connectivity index (χ0v) is 14.6. The van der Waals surface area contributed by atoms with E-state index in [-0.39, 0.29) is 12.1 Å². The van der Waals surface area contributed by atoms with Crippen LogP contribution >= 0.6 is 0 Å². The Morgan fingerprint density at radius 2 is 2.36 bits per heavy atom. The highest BCUT2D eigenvalue weighted by Gasteiger charge is 2.33. The van der Waals surface area contributed by atoms with Crippen LogP contribution in [0.2, 0.25) is 0 Å². The van der Waals surface area contributed by atoms with Gasteiger partial charge in [-0.05, 0) is 25.8 Å². The maximum Gasteiger partial charge on any atom is 0.318 e. The van der Waals surface area contributed by atoms with Crippen molar-refractivity contribution in [1.82, 2.24) is 25.3 Å². The van der Waals surface area contributed by atoms with Crippen LogP contribution in [0.25, 0.3) is 0 Å². The Balaban J connectivity index is 1.64. The van der Waals surface area contributed by atoms with Gasteiger partial charge in [-0.15, -0.1) is 0 Å². The van der Waals surface area contributed by atoms with Crippen molar-refractivity contribution < 1.29 is 14.1 Å². The monoisotopic (exact) mass is 345 g/mol. The van der Waals surface area contributed by atoms with Crippen LogP contribution in [0.3, 0.4) is 0 Å². The highest BCUT2D eigenvalue weighted by atomic mass is 16.5. The molecule has 0 saturated carbocycles. The smallest absolute Gasteiger partial charge is 0.318 e. The molecular weight excluding hydrogens is 322 g/mol. The molecule has 3 heterocycles. The average molecular weight is 345 g/mol. The van der Waals surface area contributed by atoms with Crippen molar-refractivity contribution in [2.75, 3.05) is 13.2 Å². The first kappa shape index (κ1) is 17.2. The van der Waals surface area contributed by atoms with E-state index in [0.717, 1.165) is 18.4 Å². The van der Waals surface area contributed by atoms with Gasteiger partial charge in [-0.2, -0.15) is 4.98 Å². The molecular formula is C17H23N5O3. The second-order valence-electron chi connectivity index (χ2n) is 5.81. The fourth-order valence-electron chi connectivity index (χ4n) is 2.92. The molecule has 1 aliphatic heterocycles. The van der Waals surface area contributed by atoms with Gasteiger partial charge in [-0.1, -0.05) is 18.1 Å². The number of rotatable bonds is 6. The number of amides is 2. The Morgan fingerprint density at radius 3 is 3.12 bits per heavy atom. The Labute approximate surface area is 146 Å². The predicted octanol–water partition coefficient (Wildman–Crippen LogP) is 2.47. The summed E-state index contributed by atoms with van der Waals surface area (Å²) < 4.78 is 10.7. The number of pyridine rings is 1. The van der Waals surface area contributed by atoms with Gasteiger partial charge in [0.25, 0.3) is 0 Å². The molecule has 1 fully saturated rings. The lowest BCUT2D eigenvalue weighted by Crippen LogP contribution is -2.39. The van der Waals surface area contributed by atoms with Gasteiger partial charge >= 0.3 is 6.03 Å². The molecule has 1 saturated heterocycles. The minimum Gasteiger partial charge on any atom is -0.478 e. The molecule has 0 aliphatic carbocycles. The van der Waals surface area contributed by atoms with Gasteiger partial charge in [0, 0.05) is 31.3 Å². The minimum absolute atomic E-state index is 0.135. The van der Waals surface area contributed by atoms with Gasteiger partial charge in [-0.25, -0.2) is 9.78 Å². The Hall–Kier alpha value is -2.64. The largest absolute Gasteiger partial charge is 0.478 e. The van der Waals surface area contributed by atoms with Gasteiger partial charge in [0.05, 0.1) is 12.6 Å². The lowest BCUT2D eigenvalue weighted by atomic mass is 10.2. The minimum atomic E-state index is -0.142. The van der Waals surface area contributed by atoms with Crippen molar-refractivity contribution >= 4 is 6.03 Å². The number of aromatic nitrogens is 3. The first-order valence-corrected chi connectivity index (χ1v) is 8.66. The number of hydrogen-bond donors (Lipinski definition) is 1. The normalized spacial score (nSPS) is 16.9. The molecule has 2 aromatic rings. The molecule has 0 aromatic carbocycles. The fraction of sp³-hybridized carbons (Fsp3) is 0.529. The highest BCUT2D eigenvalue weighted by molar-refractivity contribution is 5.75. The molecule has 2 amide bonds. The molecule has 1 N–H and O–H groups in total. The van der Waals surface area contributed by atoms with Crippen LogP contribution in [0.15, 0.2) is 22.9 Å². The summed E-state index contributed by atoms with van der Waals surface area (Å²) in [4.78, 5) is 22.9. The lowest BCUT2D eigenvalue weighted by Gasteiger charge is -2.22. The van der Waals surface area contributed by atoms with Crippen molar-refractivity contribution in [1.29, 1.82) is 0 Å². The standard InChI is InChI=1S/C17H23N5O3/c1-3-14-20-15(21-25-14)13-8-6-10-22(13)17(23)19-11-12-7-5-9-18-16(12)24-4-2/h5,7,9,13H,3-4,6,8,10-11H2,1-2H3,(H,19,23). The molecule has 0 radical (unpaired) electrons. The van der Waals surface area contributed by atoms with E-state index in [1.54, 1.807) is 11.1 Å². The van der Waals surface area contributed by atoms with Gasteiger partial charge in [-0.3, -0.25) is 0 Å². The quantitative estimate of drug-likeness (QED) is 0.864. The number of aryl methyl sites for hydroxylation is 1. The summed E-state index contributed by atoms with van der Waals surface area (Å²) >= 11 is 0. The van der Waals surface area contributed by atoms with Crippen LogP contribution in [0.1, 0.15) is 50.0 Å². The molecule has 8 nitrogen and oxygen atoms in total. The molecule has 0 spiro atoms. The number of carbonyl (C=O) groups excluding carboxylic acids is 1. The first-order valence-electron chi connectivity index (χ1n) is 8.66. The summed E-state index contributed by atoms with van der Waals surface area (Å²) in [5.41, 5.74) is 0.848. The molecule has 25 heavy (non-hydrogen) atoms. The summed E-state index contributed by atoms with van der Waals surface area (Å²) in [5.74, 6) is 1.73. The van der Waals surface area contributed by atoms with E-state index in [2.05, 4.69) is 20.4 Å². The number of ether oxygens (including phenoxy) is 1. The van der Waals surface area contributed by atoms with Gasteiger partial charge in [0.15, 0.2) is 5.82 Å². The van der Waals surface area contributed by atoms with E-state index in [1.807, 2.05) is 26.0 Å². The molecule has 1 unspecified atom stereocenters. The number of likely N-dealkylation sites (tertiary alicyclic amines) is 1. The molecule has 8 heteroatoms. The third-order valence-corrected chi connectivity index (χ3v) is 4.16. The maximum atomic E-state index is 12.6. The van der Waals surface area contributed by atoms with E-state index >= 15 is 0 Å². The van der Waals surface area contributed by atoms with Crippen LogP contribution < -0.4 is 10.1 Å². The first-order chi connectivity index (χ1) is 12.2. The Bertz CT molecular complexity index is 718. The number of hydrogen-bond acceptors (Lipinski definition) is 6. The van der Waals surface area contributed by atoms with Gasteiger partial charge in [0.2, 0.25) is 11.8 Å². The average Bonchev–Trinajstić information content (AvgIpc) is 3.29. The van der Waals surface area contributed by atoms with Gasteiger partial charge < -0.3 is 19.5 Å². The Morgan fingerprint density at radius 1 is 1.48 bits per heavy atom. The molecule has 2 aromatic heterocycles. The number of carbonyl (C=O) groups is 1. The maximum absolute atomic E-state index is 12.6. The molecule has 3 rings (SSSR count). The zero-order valence-electron chi connectivity index (χ0n) is 14.6. The Kier molecular flexibility index (Phi) is 5.47. The predicted molar refractivity (Wildman–Crippen MR) is 90.0 cm³/mol. The van der Waals surface area contributed by atoms with Crippen LogP contribution in [0.5, 0.6) is 5.88 Å². The second kappa shape index (κ2) is 7.96. The highest BCUT2D eigenvalue weighted by Crippen LogP contribution is 2.30. The van der Waals surface area contributed by atoms with Crippen molar-refractivity contribution in [3.8, 4) is 5.88 Å². The molecule has 0 bridgehead atoms. The third-order valence-electron chi connectivity index (χ3n) is 4.16. The molecule has 1 aliphatic rings. The van der Waals surface area contributed by atoms with Gasteiger partial charge in [0.1, 0.15) is 0 Å². The van der Waals surface area contributed by atoms with Crippen molar-refractivity contribution in [3.63, 3.8) is 0 Å². The molecule has 1 atom stereocenters. The number of nitrogens with one attached hydrogen (secondary N) is 1. The zero-order chi connectivity index (χ0) is 17.6. The number of urea groups is 1. The topological polar surface area (TPSA) is 93.4 Å². The van der Waals surface area contributed by atoms with E-state index in [1.165, 1.54) is 0 Å². The van der Waals surface area contributed by atoms with Crippen LogP contribution in [0, 0.1) is 0 Å². The summed E-state index contributed by atoms with van der Waals surface area (Å²) in [7, 11) is 0. The third kappa shape index (κ3) is 3.89. The van der Waals surface area contributed by atoms with Crippen molar-refractivity contribution in [2.45, 2.75) is 45.7 Å². The van der Waals surface area contributed by atoms with E-state index < -0.39 is 0 Å². The number of nitrogens with zero attached hydrogens (tertiary/aromatic N) is 4. The van der Waals surface area contributed by atoms with Crippen molar-refractivity contribution in [3.05, 3.63) is 35.6 Å². The summed E-state index contributed by atoms with van der Waals surface area (Å²) in [6.07, 6.45) is 4.12. The summed E-state index contributed by atoms with van der Waals surface area (Å²) in [5, 5.41) is 6.96. The summed E-state index contributed by atoms with van der Waals surface area (Å²) in [6.45, 7) is 5.43. The van der Waals surface area contributed by atoms with Crippen LogP contribution in [-0.2, 0) is 13.0 Å². The molecule has 134 valence electrons. The van der Waals surface area contributed by atoms with E-state index in [9.17, 15) is 4.79 Å². The second-order valence-corrected chi connectivity index (χ2v) is 5.81. The summed E-state index contributed by atoms with van der Waals surface area (Å²) in [6, 6.07) is 3.45. The van der Waals surface area contributed by atoms with Crippen LogP contribution in [0.4, 0.5) is 4.79 Å². The van der Waals surface area contributed by atoms with E-state index in [4.69, 9.17) is 9.26 Å². The SMILES string of the molecule is CCOc1ncccc1CNC(=O)N1CCCC1c1noc(CC)n1. The lowest BCUT2D eigenvalue weighted by molar-refractivity contribution is 0.189. The van der Waals surface area contributed by atoms with Crippen LogP contribution in [-0.4, -0.2) is 39.2 Å².